The van der Waals surface area contributed by atoms with E-state index >= 15 is 0 Å². The molecule has 0 heterocycles. The molecule has 0 bridgehead atoms. The van der Waals surface area contributed by atoms with E-state index in [0.29, 0.717) is 5.56 Å². The van der Waals surface area contributed by atoms with Crippen LogP contribution in [-0.2, 0) is 0 Å². The molecule has 0 spiro atoms. The Hall–Kier alpha value is -0.930. The molecule has 0 aliphatic heterocycles. The van der Waals surface area contributed by atoms with E-state index in [-0.39, 0.29) is 11.9 Å². The summed E-state index contributed by atoms with van der Waals surface area (Å²) in [5, 5.41) is 9.61. The molecule has 0 saturated carbocycles. The van der Waals surface area contributed by atoms with Crippen molar-refractivity contribution in [1.29, 1.82) is 0 Å². The Morgan fingerprint density at radius 2 is 2.08 bits per heavy atom. The van der Waals surface area contributed by atoms with Crippen molar-refractivity contribution < 1.29 is 9.50 Å². The summed E-state index contributed by atoms with van der Waals surface area (Å²) in [4.78, 5) is 0. The van der Waals surface area contributed by atoms with Crippen LogP contribution in [0.15, 0.2) is 18.2 Å². The number of aliphatic hydroxyl groups is 1. The molecule has 0 saturated heterocycles. The molecule has 2 nitrogen and oxygen atoms in total. The Balaban J connectivity index is 3.05. The molecule has 0 radical (unpaired) electrons. The second-order valence-corrected chi connectivity index (χ2v) is 3.30. The van der Waals surface area contributed by atoms with Gasteiger partial charge in [0.1, 0.15) is 5.82 Å². The quantitative estimate of drug-likeness (QED) is 0.730. The van der Waals surface area contributed by atoms with Crippen molar-refractivity contribution in [2.24, 2.45) is 5.73 Å². The van der Waals surface area contributed by atoms with Gasteiger partial charge in [0.15, 0.2) is 0 Å². The standard InChI is InChI=1S/C10H14FNO/c1-6-3-4-8(11)5-9(6)10(13)7(2)12/h3-5,7,10,13H,12H2,1-2H3/t7-,10-/m0/s1. The van der Waals surface area contributed by atoms with E-state index in [1.54, 1.807) is 13.0 Å². The first-order chi connectivity index (χ1) is 6.02. The summed E-state index contributed by atoms with van der Waals surface area (Å²) in [7, 11) is 0. The predicted molar refractivity (Wildman–Crippen MR) is 49.7 cm³/mol. The Morgan fingerprint density at radius 3 is 2.62 bits per heavy atom. The average molecular weight is 183 g/mol. The minimum Gasteiger partial charge on any atom is -0.387 e. The van der Waals surface area contributed by atoms with Gasteiger partial charge in [-0.05, 0) is 37.1 Å². The summed E-state index contributed by atoms with van der Waals surface area (Å²) in [5.41, 5.74) is 6.93. The van der Waals surface area contributed by atoms with Crippen molar-refractivity contribution in [3.05, 3.63) is 35.1 Å². The molecule has 0 aliphatic rings. The third-order valence-electron chi connectivity index (χ3n) is 2.06. The van der Waals surface area contributed by atoms with Gasteiger partial charge in [0.05, 0.1) is 6.10 Å². The summed E-state index contributed by atoms with van der Waals surface area (Å²) in [5.74, 6) is -0.347. The summed E-state index contributed by atoms with van der Waals surface area (Å²) in [6, 6.07) is 3.94. The van der Waals surface area contributed by atoms with Crippen LogP contribution >= 0.6 is 0 Å². The first kappa shape index (κ1) is 10.2. The van der Waals surface area contributed by atoms with Crippen molar-refractivity contribution in [3.63, 3.8) is 0 Å². The molecular weight excluding hydrogens is 169 g/mol. The zero-order valence-corrected chi connectivity index (χ0v) is 7.79. The topological polar surface area (TPSA) is 46.2 Å². The first-order valence-corrected chi connectivity index (χ1v) is 4.22. The molecule has 0 aliphatic carbocycles. The molecule has 0 amide bonds. The molecule has 3 heteroatoms. The van der Waals surface area contributed by atoms with E-state index in [0.717, 1.165) is 5.56 Å². The van der Waals surface area contributed by atoms with Gasteiger partial charge in [-0.2, -0.15) is 0 Å². The normalized spacial score (nSPS) is 15.5. The molecule has 13 heavy (non-hydrogen) atoms. The largest absolute Gasteiger partial charge is 0.387 e. The Bertz CT molecular complexity index is 299. The van der Waals surface area contributed by atoms with Crippen molar-refractivity contribution in [2.45, 2.75) is 26.0 Å². The summed E-state index contributed by atoms with van der Waals surface area (Å²) in [6.07, 6.45) is -0.796. The van der Waals surface area contributed by atoms with Gasteiger partial charge in [0, 0.05) is 6.04 Å². The number of rotatable bonds is 2. The highest BCUT2D eigenvalue weighted by Crippen LogP contribution is 2.20. The minimum absolute atomic E-state index is 0.347. The lowest BCUT2D eigenvalue weighted by molar-refractivity contribution is 0.152. The van der Waals surface area contributed by atoms with Crippen LogP contribution in [0.2, 0.25) is 0 Å². The maximum atomic E-state index is 12.8. The van der Waals surface area contributed by atoms with Crippen LogP contribution in [-0.4, -0.2) is 11.1 Å². The van der Waals surface area contributed by atoms with E-state index in [2.05, 4.69) is 0 Å². The maximum absolute atomic E-state index is 12.8. The smallest absolute Gasteiger partial charge is 0.123 e. The third-order valence-corrected chi connectivity index (χ3v) is 2.06. The van der Waals surface area contributed by atoms with Crippen LogP contribution in [0.5, 0.6) is 0 Å². The van der Waals surface area contributed by atoms with Gasteiger partial charge in [-0.3, -0.25) is 0 Å². The third kappa shape index (κ3) is 2.26. The second-order valence-electron chi connectivity index (χ2n) is 3.30. The van der Waals surface area contributed by atoms with E-state index in [4.69, 9.17) is 5.73 Å². The minimum atomic E-state index is -0.796. The van der Waals surface area contributed by atoms with Gasteiger partial charge in [0.25, 0.3) is 0 Å². The lowest BCUT2D eigenvalue weighted by Crippen LogP contribution is -2.25. The molecule has 3 N–H and O–H groups in total. The van der Waals surface area contributed by atoms with E-state index < -0.39 is 6.10 Å². The van der Waals surface area contributed by atoms with Gasteiger partial charge in [-0.1, -0.05) is 6.07 Å². The number of aliphatic hydroxyl groups excluding tert-OH is 1. The molecule has 1 rings (SSSR count). The van der Waals surface area contributed by atoms with Gasteiger partial charge in [-0.15, -0.1) is 0 Å². The van der Waals surface area contributed by atoms with Gasteiger partial charge in [0.2, 0.25) is 0 Å². The van der Waals surface area contributed by atoms with Crippen molar-refractivity contribution in [2.75, 3.05) is 0 Å². The van der Waals surface area contributed by atoms with E-state index in [9.17, 15) is 9.50 Å². The Labute approximate surface area is 77.2 Å². The molecular formula is C10H14FNO. The molecule has 1 aromatic carbocycles. The SMILES string of the molecule is Cc1ccc(F)cc1[C@@H](O)[C@H](C)N. The molecule has 2 atom stereocenters. The zero-order chi connectivity index (χ0) is 10.0. The number of hydrogen-bond acceptors (Lipinski definition) is 2. The molecule has 0 unspecified atom stereocenters. The highest BCUT2D eigenvalue weighted by Gasteiger charge is 2.14. The van der Waals surface area contributed by atoms with Crippen LogP contribution in [0.3, 0.4) is 0 Å². The monoisotopic (exact) mass is 183 g/mol. The van der Waals surface area contributed by atoms with Crippen LogP contribution in [0.25, 0.3) is 0 Å². The van der Waals surface area contributed by atoms with Crippen molar-refractivity contribution in [1.82, 2.24) is 0 Å². The van der Waals surface area contributed by atoms with E-state index in [1.807, 2.05) is 6.92 Å². The highest BCUT2D eigenvalue weighted by atomic mass is 19.1. The first-order valence-electron chi connectivity index (χ1n) is 4.22. The lowest BCUT2D eigenvalue weighted by atomic mass is 9.99. The number of aryl methyl sites for hydroxylation is 1. The zero-order valence-electron chi connectivity index (χ0n) is 7.79. The summed E-state index contributed by atoms with van der Waals surface area (Å²) in [6.45, 7) is 3.51. The maximum Gasteiger partial charge on any atom is 0.123 e. The van der Waals surface area contributed by atoms with Gasteiger partial charge in [-0.25, -0.2) is 4.39 Å². The summed E-state index contributed by atoms with van der Waals surface area (Å²) < 4.78 is 12.8. The van der Waals surface area contributed by atoms with Crippen LogP contribution < -0.4 is 5.73 Å². The number of nitrogens with two attached hydrogens (primary N) is 1. The van der Waals surface area contributed by atoms with Crippen molar-refractivity contribution in [3.8, 4) is 0 Å². The fourth-order valence-electron chi connectivity index (χ4n) is 1.21. The predicted octanol–water partition coefficient (Wildman–Crippen LogP) is 1.51. The fraction of sp³-hybridized carbons (Fsp3) is 0.400. The van der Waals surface area contributed by atoms with Crippen molar-refractivity contribution >= 4 is 0 Å². The molecule has 72 valence electrons. The number of hydrogen-bond donors (Lipinski definition) is 2. The fourth-order valence-corrected chi connectivity index (χ4v) is 1.21. The number of halogens is 1. The van der Waals surface area contributed by atoms with Crippen LogP contribution in [0, 0.1) is 12.7 Å². The van der Waals surface area contributed by atoms with Crippen LogP contribution in [0.4, 0.5) is 4.39 Å². The molecule has 0 fully saturated rings. The lowest BCUT2D eigenvalue weighted by Gasteiger charge is -2.16. The van der Waals surface area contributed by atoms with Crippen LogP contribution in [0.1, 0.15) is 24.2 Å². The van der Waals surface area contributed by atoms with E-state index in [1.165, 1.54) is 12.1 Å². The Morgan fingerprint density at radius 1 is 1.46 bits per heavy atom. The highest BCUT2D eigenvalue weighted by molar-refractivity contribution is 5.29. The molecule has 1 aromatic rings. The molecule has 0 aromatic heterocycles. The van der Waals surface area contributed by atoms with Gasteiger partial charge < -0.3 is 10.8 Å². The number of benzene rings is 1. The van der Waals surface area contributed by atoms with Gasteiger partial charge >= 0.3 is 0 Å². The average Bonchev–Trinajstić information content (AvgIpc) is 2.08. The Kier molecular flexibility index (Phi) is 3.01. The second kappa shape index (κ2) is 3.85. The summed E-state index contributed by atoms with van der Waals surface area (Å²) >= 11 is 0.